The van der Waals surface area contributed by atoms with Gasteiger partial charge in [-0.05, 0) is 19.8 Å². The molecule has 2 fully saturated rings. The predicted octanol–water partition coefficient (Wildman–Crippen LogP) is 0.175. The van der Waals surface area contributed by atoms with Gasteiger partial charge < -0.3 is 9.32 Å². The van der Waals surface area contributed by atoms with Gasteiger partial charge in [-0.25, -0.2) is 16.8 Å². The van der Waals surface area contributed by atoms with Crippen LogP contribution in [0.2, 0.25) is 0 Å². The summed E-state index contributed by atoms with van der Waals surface area (Å²) < 4.78 is 55.0. The molecule has 0 aromatic carbocycles. The van der Waals surface area contributed by atoms with Crippen LogP contribution >= 0.6 is 0 Å². The Morgan fingerprint density at radius 2 is 1.64 bits per heavy atom. The minimum absolute atomic E-state index is 0.0276. The molecule has 0 atom stereocenters. The van der Waals surface area contributed by atoms with E-state index in [0.29, 0.717) is 45.8 Å². The first-order valence-electron chi connectivity index (χ1n) is 9.38. The smallest absolute Gasteiger partial charge is 0.289 e. The third-order valence-corrected chi connectivity index (χ3v) is 8.13. The summed E-state index contributed by atoms with van der Waals surface area (Å²) in [5.74, 6) is 0.00592. The number of nitrogens with zero attached hydrogens (tertiary/aromatic N) is 3. The molecule has 3 rings (SSSR count). The summed E-state index contributed by atoms with van der Waals surface area (Å²) in [6.45, 7) is 5.01. The number of carbonyl (C=O) groups excluding carboxylic acids is 1. The second-order valence-corrected chi connectivity index (χ2v) is 11.6. The van der Waals surface area contributed by atoms with Crippen molar-refractivity contribution in [2.75, 3.05) is 57.8 Å². The minimum Gasteiger partial charge on any atom is -0.455 e. The monoisotopic (exact) mass is 433 g/mol. The van der Waals surface area contributed by atoms with Crippen LogP contribution in [-0.4, -0.2) is 94.7 Å². The summed E-state index contributed by atoms with van der Waals surface area (Å²) in [4.78, 5) is 16.4. The molecule has 2 saturated heterocycles. The Morgan fingerprint density at radius 1 is 1.04 bits per heavy atom. The number of rotatable bonds is 6. The minimum atomic E-state index is -3.64. The Bertz CT molecular complexity index is 924. The maximum absolute atomic E-state index is 12.7. The quantitative estimate of drug-likeness (QED) is 0.629. The molecule has 3 heterocycles. The average Bonchev–Trinajstić information content (AvgIpc) is 3.29. The maximum Gasteiger partial charge on any atom is 0.289 e. The van der Waals surface area contributed by atoms with E-state index < -0.39 is 19.9 Å². The number of aryl methyl sites for hydroxylation is 1. The molecule has 158 valence electrons. The number of sulfone groups is 1. The molecule has 1 amide bonds. The molecule has 0 spiro atoms. The first-order chi connectivity index (χ1) is 13.1. The van der Waals surface area contributed by atoms with Crippen molar-refractivity contribution in [3.63, 3.8) is 0 Å². The van der Waals surface area contributed by atoms with Crippen molar-refractivity contribution >= 4 is 25.8 Å². The Kier molecular flexibility index (Phi) is 6.18. The fourth-order valence-electron chi connectivity index (χ4n) is 3.52. The zero-order valence-corrected chi connectivity index (χ0v) is 17.9. The standard InChI is InChI=1S/C17H27N3O6S2/c1-14-16(28(24,25)20-5-3-4-6-20)13-15(26-14)17(21)19-9-7-18(8-10-19)11-12-27(2,22)23/h13H,3-12H2,1-2H3. The summed E-state index contributed by atoms with van der Waals surface area (Å²) in [5, 5.41) is 0. The van der Waals surface area contributed by atoms with Crippen molar-refractivity contribution in [3.8, 4) is 0 Å². The number of piperazine rings is 1. The fourth-order valence-corrected chi connectivity index (χ4v) is 5.79. The molecule has 2 aliphatic heterocycles. The van der Waals surface area contributed by atoms with Crippen LogP contribution in [0.1, 0.15) is 29.2 Å². The lowest BCUT2D eigenvalue weighted by molar-refractivity contribution is 0.0611. The van der Waals surface area contributed by atoms with Gasteiger partial charge in [0.2, 0.25) is 10.0 Å². The molecule has 9 nitrogen and oxygen atoms in total. The zero-order chi connectivity index (χ0) is 20.5. The van der Waals surface area contributed by atoms with Crippen LogP contribution in [0, 0.1) is 6.92 Å². The molecule has 11 heteroatoms. The van der Waals surface area contributed by atoms with Crippen LogP contribution in [-0.2, 0) is 19.9 Å². The van der Waals surface area contributed by atoms with Crippen LogP contribution in [0.25, 0.3) is 0 Å². The second kappa shape index (κ2) is 8.13. The van der Waals surface area contributed by atoms with Crippen LogP contribution in [0.15, 0.2) is 15.4 Å². The van der Waals surface area contributed by atoms with Crippen LogP contribution < -0.4 is 0 Å². The molecular formula is C17H27N3O6S2. The number of carbonyl (C=O) groups is 1. The van der Waals surface area contributed by atoms with Gasteiger partial charge in [-0.2, -0.15) is 4.31 Å². The zero-order valence-electron chi connectivity index (χ0n) is 16.3. The van der Waals surface area contributed by atoms with Crippen molar-refractivity contribution in [2.24, 2.45) is 0 Å². The Morgan fingerprint density at radius 3 is 2.21 bits per heavy atom. The van der Waals surface area contributed by atoms with E-state index in [2.05, 4.69) is 0 Å². The van der Waals surface area contributed by atoms with Gasteiger partial charge in [0.25, 0.3) is 5.91 Å². The highest BCUT2D eigenvalue weighted by Crippen LogP contribution is 2.27. The normalized spacial score (nSPS) is 20.0. The van der Waals surface area contributed by atoms with E-state index in [0.717, 1.165) is 12.8 Å². The molecule has 28 heavy (non-hydrogen) atoms. The van der Waals surface area contributed by atoms with Gasteiger partial charge in [0.1, 0.15) is 20.5 Å². The molecule has 0 bridgehead atoms. The Balaban J connectivity index is 1.64. The molecular weight excluding hydrogens is 406 g/mol. The third kappa shape index (κ3) is 4.76. The summed E-state index contributed by atoms with van der Waals surface area (Å²) in [7, 11) is -6.66. The third-order valence-electron chi connectivity index (χ3n) is 5.20. The summed E-state index contributed by atoms with van der Waals surface area (Å²) in [6.07, 6.45) is 2.89. The maximum atomic E-state index is 12.7. The van der Waals surface area contributed by atoms with Crippen LogP contribution in [0.5, 0.6) is 0 Å². The number of hydrogen-bond acceptors (Lipinski definition) is 7. The molecule has 0 saturated carbocycles. The van der Waals surface area contributed by atoms with E-state index in [9.17, 15) is 21.6 Å². The molecule has 2 aliphatic rings. The Labute approximate surface area is 166 Å². The van der Waals surface area contributed by atoms with Gasteiger partial charge in [-0.3, -0.25) is 9.69 Å². The number of sulfonamides is 1. The highest BCUT2D eigenvalue weighted by molar-refractivity contribution is 7.90. The van der Waals surface area contributed by atoms with Crippen LogP contribution in [0.4, 0.5) is 0 Å². The second-order valence-electron chi connectivity index (χ2n) is 7.41. The van der Waals surface area contributed by atoms with Crippen molar-refractivity contribution in [2.45, 2.75) is 24.7 Å². The fraction of sp³-hybridized carbons (Fsp3) is 0.706. The number of furan rings is 1. The van der Waals surface area contributed by atoms with Gasteiger partial charge in [0.15, 0.2) is 5.76 Å². The molecule has 1 aromatic heterocycles. The van der Waals surface area contributed by atoms with Gasteiger partial charge >= 0.3 is 0 Å². The van der Waals surface area contributed by atoms with E-state index in [1.54, 1.807) is 11.8 Å². The molecule has 1 aromatic rings. The summed E-state index contributed by atoms with van der Waals surface area (Å²) >= 11 is 0. The predicted molar refractivity (Wildman–Crippen MR) is 103 cm³/mol. The average molecular weight is 434 g/mol. The summed E-state index contributed by atoms with van der Waals surface area (Å²) in [6, 6.07) is 1.33. The topological polar surface area (TPSA) is 108 Å². The van der Waals surface area contributed by atoms with E-state index in [-0.39, 0.29) is 28.1 Å². The van der Waals surface area contributed by atoms with Crippen LogP contribution in [0.3, 0.4) is 0 Å². The van der Waals surface area contributed by atoms with Crippen molar-refractivity contribution in [1.82, 2.24) is 14.1 Å². The van der Waals surface area contributed by atoms with Crippen molar-refractivity contribution < 1.29 is 26.0 Å². The van der Waals surface area contributed by atoms with E-state index >= 15 is 0 Å². The van der Waals surface area contributed by atoms with Gasteiger partial charge in [-0.15, -0.1) is 0 Å². The van der Waals surface area contributed by atoms with Gasteiger partial charge in [0, 0.05) is 58.1 Å². The number of amides is 1. The van der Waals surface area contributed by atoms with Crippen molar-refractivity contribution in [3.05, 3.63) is 17.6 Å². The first kappa shape index (κ1) is 21.3. The lowest BCUT2D eigenvalue weighted by Gasteiger charge is -2.34. The number of hydrogen-bond donors (Lipinski definition) is 0. The Hall–Kier alpha value is -1.43. The lowest BCUT2D eigenvalue weighted by Crippen LogP contribution is -2.49. The molecule has 0 unspecified atom stereocenters. The lowest BCUT2D eigenvalue weighted by atomic mass is 10.3. The van der Waals surface area contributed by atoms with Gasteiger partial charge in [0.05, 0.1) is 5.75 Å². The molecule has 0 aliphatic carbocycles. The molecule has 0 radical (unpaired) electrons. The summed E-state index contributed by atoms with van der Waals surface area (Å²) in [5.41, 5.74) is 0. The molecule has 0 N–H and O–H groups in total. The van der Waals surface area contributed by atoms with Gasteiger partial charge in [-0.1, -0.05) is 0 Å². The van der Waals surface area contributed by atoms with Crippen molar-refractivity contribution in [1.29, 1.82) is 0 Å². The largest absolute Gasteiger partial charge is 0.455 e. The highest BCUT2D eigenvalue weighted by atomic mass is 32.2. The first-order valence-corrected chi connectivity index (χ1v) is 12.9. The van der Waals surface area contributed by atoms with E-state index in [1.807, 2.05) is 4.90 Å². The SMILES string of the molecule is Cc1oc(C(=O)N2CCN(CCS(C)(=O)=O)CC2)cc1S(=O)(=O)N1CCCC1. The highest BCUT2D eigenvalue weighted by Gasteiger charge is 2.33. The van der Waals surface area contributed by atoms with E-state index in [1.165, 1.54) is 16.6 Å². The van der Waals surface area contributed by atoms with E-state index in [4.69, 9.17) is 4.42 Å².